The van der Waals surface area contributed by atoms with E-state index in [1.807, 2.05) is 37.3 Å². The van der Waals surface area contributed by atoms with Gasteiger partial charge in [-0.05, 0) is 69.2 Å². The summed E-state index contributed by atoms with van der Waals surface area (Å²) in [5, 5.41) is 0. The van der Waals surface area contributed by atoms with Crippen molar-refractivity contribution in [2.24, 2.45) is 22.7 Å². The molecule has 0 amide bonds. The Hall–Kier alpha value is -2.43. The van der Waals surface area contributed by atoms with E-state index in [1.165, 1.54) is 13.0 Å². The molecule has 1 aromatic rings. The Kier molecular flexibility index (Phi) is 4.88. The van der Waals surface area contributed by atoms with Crippen LogP contribution in [0.2, 0.25) is 0 Å². The van der Waals surface area contributed by atoms with Crippen molar-refractivity contribution < 1.29 is 23.5 Å². The quantitative estimate of drug-likeness (QED) is 0.595. The number of ether oxygens (including phenoxy) is 2. The SMILES string of the molecule is CC(=O)O[C@H]1C[C@]2(C)[C@H](Oc3ccccc3)CC[C@H]2[C@@H]2CCC3=CC(=O)C=C[C@]3(C)C12F. The van der Waals surface area contributed by atoms with E-state index in [9.17, 15) is 9.59 Å². The Balaban J connectivity index is 1.56. The van der Waals surface area contributed by atoms with Gasteiger partial charge >= 0.3 is 5.97 Å². The molecule has 3 saturated carbocycles. The van der Waals surface area contributed by atoms with Crippen LogP contribution in [0.25, 0.3) is 0 Å². The molecule has 5 rings (SSSR count). The average Bonchev–Trinajstić information content (AvgIpc) is 3.06. The summed E-state index contributed by atoms with van der Waals surface area (Å²) in [6, 6.07) is 9.75. The van der Waals surface area contributed by atoms with E-state index < -0.39 is 23.2 Å². The van der Waals surface area contributed by atoms with E-state index in [2.05, 4.69) is 6.92 Å². The number of ketones is 1. The summed E-state index contributed by atoms with van der Waals surface area (Å²) in [6.07, 6.45) is 7.31. The Bertz CT molecular complexity index is 1000. The number of fused-ring (bicyclic) bond motifs is 5. The second-order valence-corrected chi connectivity index (χ2v) is 10.4. The maximum absolute atomic E-state index is 17.5. The van der Waals surface area contributed by atoms with Crippen LogP contribution in [0, 0.1) is 22.7 Å². The number of benzene rings is 1. The first-order valence-electron chi connectivity index (χ1n) is 11.7. The van der Waals surface area contributed by atoms with E-state index in [1.54, 1.807) is 12.2 Å². The van der Waals surface area contributed by atoms with Crippen LogP contribution in [0.15, 0.2) is 54.1 Å². The maximum atomic E-state index is 17.5. The van der Waals surface area contributed by atoms with Gasteiger partial charge in [0.25, 0.3) is 0 Å². The predicted molar refractivity (Wildman–Crippen MR) is 119 cm³/mol. The summed E-state index contributed by atoms with van der Waals surface area (Å²) in [7, 11) is 0. The second-order valence-electron chi connectivity index (χ2n) is 10.4. The van der Waals surface area contributed by atoms with Crippen LogP contribution in [0.3, 0.4) is 0 Å². The molecule has 4 nitrogen and oxygen atoms in total. The van der Waals surface area contributed by atoms with Gasteiger partial charge < -0.3 is 9.47 Å². The minimum atomic E-state index is -1.76. The molecule has 0 N–H and O–H groups in total. The first-order chi connectivity index (χ1) is 15.2. The minimum Gasteiger partial charge on any atom is -0.490 e. The second kappa shape index (κ2) is 7.29. The molecule has 4 aliphatic rings. The van der Waals surface area contributed by atoms with Crippen molar-refractivity contribution in [3.8, 4) is 5.75 Å². The number of hydrogen-bond donors (Lipinski definition) is 0. The fourth-order valence-electron chi connectivity index (χ4n) is 7.31. The van der Waals surface area contributed by atoms with Gasteiger partial charge in [0.15, 0.2) is 11.5 Å². The number of alkyl halides is 1. The molecule has 0 aliphatic heterocycles. The molecule has 0 aromatic heterocycles. The average molecular weight is 439 g/mol. The highest BCUT2D eigenvalue weighted by atomic mass is 19.1. The highest BCUT2D eigenvalue weighted by molar-refractivity contribution is 6.01. The standard InChI is InChI=1S/C27H31FO4/c1-17(29)31-24-16-25(2)21(11-12-23(25)32-20-7-5-4-6-8-20)22-10-9-18-15-19(30)13-14-26(18,3)27(22,24)28/h4-8,13-15,21-24H,9-12,16H2,1-3H3/t21-,22-,23+,24-,25-,26-,27?/m0/s1. The Morgan fingerprint density at radius 3 is 2.53 bits per heavy atom. The van der Waals surface area contributed by atoms with Crippen LogP contribution < -0.4 is 4.74 Å². The van der Waals surface area contributed by atoms with E-state index in [0.717, 1.165) is 24.2 Å². The van der Waals surface area contributed by atoms with Gasteiger partial charge in [-0.1, -0.05) is 36.8 Å². The molecule has 0 heterocycles. The van der Waals surface area contributed by atoms with Crippen LogP contribution in [-0.2, 0) is 14.3 Å². The van der Waals surface area contributed by atoms with E-state index in [4.69, 9.17) is 9.47 Å². The summed E-state index contributed by atoms with van der Waals surface area (Å²) < 4.78 is 29.7. The smallest absolute Gasteiger partial charge is 0.303 e. The highest BCUT2D eigenvalue weighted by Crippen LogP contribution is 2.68. The molecule has 1 unspecified atom stereocenters. The minimum absolute atomic E-state index is 0.0641. The fourth-order valence-corrected chi connectivity index (χ4v) is 7.31. The zero-order valence-electron chi connectivity index (χ0n) is 19.0. The summed E-state index contributed by atoms with van der Waals surface area (Å²) in [5.74, 6) is 0.103. The monoisotopic (exact) mass is 438 g/mol. The Morgan fingerprint density at radius 1 is 1.06 bits per heavy atom. The van der Waals surface area contributed by atoms with E-state index in [0.29, 0.717) is 19.3 Å². The van der Waals surface area contributed by atoms with Crippen molar-refractivity contribution in [2.45, 2.75) is 70.8 Å². The number of para-hydroxylation sites is 1. The van der Waals surface area contributed by atoms with Gasteiger partial charge in [0.1, 0.15) is 18.0 Å². The molecule has 0 spiro atoms. The van der Waals surface area contributed by atoms with Crippen molar-refractivity contribution in [1.29, 1.82) is 0 Å². The molecule has 32 heavy (non-hydrogen) atoms. The summed E-state index contributed by atoms with van der Waals surface area (Å²) >= 11 is 0. The van der Waals surface area contributed by atoms with E-state index in [-0.39, 0.29) is 29.1 Å². The van der Waals surface area contributed by atoms with Gasteiger partial charge in [-0.3, -0.25) is 9.59 Å². The predicted octanol–water partition coefficient (Wildman–Crippen LogP) is 5.38. The molecule has 1 aromatic carbocycles. The highest BCUT2D eigenvalue weighted by Gasteiger charge is 2.72. The normalized spacial score (nSPS) is 42.4. The summed E-state index contributed by atoms with van der Waals surface area (Å²) in [5.41, 5.74) is -2.20. The number of rotatable bonds is 3. The van der Waals surface area contributed by atoms with Gasteiger partial charge in [-0.2, -0.15) is 0 Å². The third kappa shape index (κ3) is 2.93. The lowest BCUT2D eigenvalue weighted by molar-refractivity contribution is -0.215. The molecule has 0 bridgehead atoms. The number of carbonyl (C=O) groups excluding carboxylic acids is 2. The largest absolute Gasteiger partial charge is 0.490 e. The number of hydrogen-bond acceptors (Lipinski definition) is 4. The number of carbonyl (C=O) groups is 2. The van der Waals surface area contributed by atoms with Gasteiger partial charge in [0.2, 0.25) is 0 Å². The molecule has 0 saturated heterocycles. The molecular weight excluding hydrogens is 407 g/mol. The fraction of sp³-hybridized carbons (Fsp3) is 0.556. The first kappa shape index (κ1) is 21.4. The van der Waals surface area contributed by atoms with Crippen molar-refractivity contribution in [3.63, 3.8) is 0 Å². The van der Waals surface area contributed by atoms with E-state index >= 15 is 4.39 Å². The molecule has 7 atom stereocenters. The zero-order valence-corrected chi connectivity index (χ0v) is 19.0. The lowest BCUT2D eigenvalue weighted by Gasteiger charge is -2.62. The zero-order chi connectivity index (χ0) is 22.7. The topological polar surface area (TPSA) is 52.6 Å². The maximum Gasteiger partial charge on any atom is 0.303 e. The van der Waals surface area contributed by atoms with Crippen molar-refractivity contribution in [2.75, 3.05) is 0 Å². The molecule has 3 fully saturated rings. The Labute approximate surface area is 188 Å². The number of halogens is 1. The van der Waals surface area contributed by atoms with Crippen LogP contribution in [0.4, 0.5) is 4.39 Å². The molecule has 0 radical (unpaired) electrons. The lowest BCUT2D eigenvalue weighted by atomic mass is 9.45. The number of allylic oxidation sites excluding steroid dienone is 4. The van der Waals surface area contributed by atoms with Gasteiger partial charge in [0.05, 0.1) is 0 Å². The summed E-state index contributed by atoms with van der Waals surface area (Å²) in [4.78, 5) is 24.2. The van der Waals surface area contributed by atoms with Gasteiger partial charge in [-0.25, -0.2) is 4.39 Å². The molecule has 170 valence electrons. The first-order valence-corrected chi connectivity index (χ1v) is 11.7. The molecular formula is C27H31FO4. The van der Waals surface area contributed by atoms with Crippen molar-refractivity contribution in [1.82, 2.24) is 0 Å². The number of esters is 1. The van der Waals surface area contributed by atoms with Gasteiger partial charge in [-0.15, -0.1) is 0 Å². The van der Waals surface area contributed by atoms with Crippen molar-refractivity contribution in [3.05, 3.63) is 54.1 Å². The molecule has 5 heteroatoms. The van der Waals surface area contributed by atoms with Crippen LogP contribution in [0.5, 0.6) is 5.75 Å². The summed E-state index contributed by atoms with van der Waals surface area (Å²) in [6.45, 7) is 5.41. The lowest BCUT2D eigenvalue weighted by Crippen LogP contribution is -2.67. The van der Waals surface area contributed by atoms with Crippen LogP contribution >= 0.6 is 0 Å². The molecule has 4 aliphatic carbocycles. The van der Waals surface area contributed by atoms with Crippen LogP contribution in [-0.4, -0.2) is 29.6 Å². The van der Waals surface area contributed by atoms with Crippen LogP contribution in [0.1, 0.15) is 52.9 Å². The van der Waals surface area contributed by atoms with Gasteiger partial charge in [0, 0.05) is 23.7 Å². The Morgan fingerprint density at radius 2 is 1.81 bits per heavy atom. The van der Waals surface area contributed by atoms with Crippen molar-refractivity contribution >= 4 is 11.8 Å². The third-order valence-corrected chi connectivity index (χ3v) is 8.86. The third-order valence-electron chi connectivity index (χ3n) is 8.86.